The van der Waals surface area contributed by atoms with Crippen LogP contribution in [-0.4, -0.2) is 16.7 Å². The van der Waals surface area contributed by atoms with E-state index in [1.807, 2.05) is 38.2 Å². The first kappa shape index (κ1) is 19.0. The van der Waals surface area contributed by atoms with Gasteiger partial charge in [0.25, 0.3) is 0 Å². The highest BCUT2D eigenvalue weighted by atomic mass is 32.2. The van der Waals surface area contributed by atoms with Crippen LogP contribution in [0.3, 0.4) is 0 Å². The van der Waals surface area contributed by atoms with Crippen molar-refractivity contribution < 1.29 is 14.4 Å². The summed E-state index contributed by atoms with van der Waals surface area (Å²) in [7, 11) is 0. The van der Waals surface area contributed by atoms with Crippen LogP contribution >= 0.6 is 23.1 Å². The number of thiazole rings is 1. The smallest absolute Gasteiger partial charge is 0.227 e. The molecule has 146 valence electrons. The zero-order valence-electron chi connectivity index (χ0n) is 15.7. The molecule has 0 saturated heterocycles. The molecule has 2 aromatic rings. The Morgan fingerprint density at radius 2 is 2.11 bits per heavy atom. The molecule has 1 amide bonds. The third-order valence-electron chi connectivity index (χ3n) is 4.91. The fourth-order valence-electron chi connectivity index (χ4n) is 3.31. The Morgan fingerprint density at radius 3 is 2.86 bits per heavy atom. The third kappa shape index (κ3) is 4.07. The largest absolute Gasteiger partial charge is 0.386 e. The van der Waals surface area contributed by atoms with Crippen LogP contribution in [-0.2, 0) is 14.4 Å². The quantitative estimate of drug-likeness (QED) is 0.750. The number of fused-ring (bicyclic) bond motifs is 1. The first-order valence-electron chi connectivity index (χ1n) is 9.21. The number of aromatic nitrogens is 1. The number of ketones is 1. The van der Waals surface area contributed by atoms with Gasteiger partial charge in [-0.05, 0) is 50.5 Å². The number of hydrogen-bond acceptors (Lipinski definition) is 7. The van der Waals surface area contributed by atoms with E-state index in [1.165, 1.54) is 0 Å². The summed E-state index contributed by atoms with van der Waals surface area (Å²) in [4.78, 5) is 35.0. The molecule has 1 fully saturated rings. The van der Waals surface area contributed by atoms with Crippen LogP contribution in [0, 0.1) is 5.92 Å². The van der Waals surface area contributed by atoms with Gasteiger partial charge in [-0.2, -0.15) is 0 Å². The second kappa shape index (κ2) is 7.97. The van der Waals surface area contributed by atoms with Crippen LogP contribution in [0.2, 0.25) is 0 Å². The Balaban J connectivity index is 1.48. The minimum absolute atomic E-state index is 0.000592. The highest BCUT2D eigenvalue weighted by Crippen LogP contribution is 2.39. The van der Waals surface area contributed by atoms with E-state index in [-0.39, 0.29) is 17.6 Å². The summed E-state index contributed by atoms with van der Waals surface area (Å²) in [6.07, 6.45) is 4.14. The van der Waals surface area contributed by atoms with Gasteiger partial charge in [0.15, 0.2) is 4.34 Å². The van der Waals surface area contributed by atoms with Gasteiger partial charge < -0.3 is 10.2 Å². The van der Waals surface area contributed by atoms with Crippen molar-refractivity contribution in [3.63, 3.8) is 0 Å². The van der Waals surface area contributed by atoms with Crippen LogP contribution < -0.4 is 10.8 Å². The molecule has 2 N–H and O–H groups in total. The monoisotopic (exact) mass is 415 g/mol. The number of Topliss-reactive ketones (excluding diaryl/α,β-unsaturated/α-hetero) is 1. The van der Waals surface area contributed by atoms with E-state index in [1.54, 1.807) is 23.1 Å². The fourth-order valence-corrected chi connectivity index (χ4v) is 5.45. The number of rotatable bonds is 4. The highest BCUT2D eigenvalue weighted by Gasteiger charge is 2.25. The van der Waals surface area contributed by atoms with Crippen LogP contribution in [0.25, 0.3) is 10.2 Å². The number of anilines is 1. The molecule has 8 heteroatoms. The lowest BCUT2D eigenvalue weighted by molar-refractivity contribution is -0.125. The molecule has 2 heterocycles. The van der Waals surface area contributed by atoms with E-state index in [0.717, 1.165) is 36.5 Å². The molecular formula is C20H21N3O3S2. The highest BCUT2D eigenvalue weighted by molar-refractivity contribution is 8.05. The van der Waals surface area contributed by atoms with E-state index >= 15 is 0 Å². The van der Waals surface area contributed by atoms with E-state index < -0.39 is 0 Å². The van der Waals surface area contributed by atoms with Crippen LogP contribution in [0.4, 0.5) is 5.69 Å². The first-order chi connectivity index (χ1) is 13.5. The number of nitrogens with zero attached hydrogens (tertiary/aromatic N) is 1. The molecule has 1 aliphatic carbocycles. The van der Waals surface area contributed by atoms with Crippen LogP contribution in [0.1, 0.15) is 39.5 Å². The molecule has 28 heavy (non-hydrogen) atoms. The Hall–Kier alpha value is -2.32. The van der Waals surface area contributed by atoms with Crippen LogP contribution in [0.15, 0.2) is 45.0 Å². The van der Waals surface area contributed by atoms with Crippen LogP contribution in [0.5, 0.6) is 0 Å². The lowest BCUT2D eigenvalue weighted by Crippen LogP contribution is -2.27. The number of hydroxylamine groups is 1. The average Bonchev–Trinajstić information content (AvgIpc) is 3.07. The number of carbonyl (C=O) groups excluding carboxylic acids is 2. The number of carbonyl (C=O) groups is 2. The lowest BCUT2D eigenvalue weighted by Gasteiger charge is -2.20. The molecule has 0 atom stereocenters. The number of nitrogens with one attached hydrogen (secondary N) is 2. The molecule has 1 aromatic carbocycles. The van der Waals surface area contributed by atoms with E-state index in [2.05, 4.69) is 15.8 Å². The number of amides is 1. The molecule has 0 spiro atoms. The van der Waals surface area contributed by atoms with Gasteiger partial charge in [-0.3, -0.25) is 9.59 Å². The van der Waals surface area contributed by atoms with Gasteiger partial charge >= 0.3 is 0 Å². The van der Waals surface area contributed by atoms with Crippen molar-refractivity contribution in [2.45, 2.75) is 43.9 Å². The van der Waals surface area contributed by atoms with Crippen molar-refractivity contribution in [1.29, 1.82) is 0 Å². The standard InChI is InChI=1S/C20H21N3O3S2/c1-11-10-21-26-12(2)18(11)28-20-23-16-8-5-14(9-17(16)27-20)22-19(25)13-3-6-15(24)7-4-13/h5,8-10,13,21H,3-4,6-7H2,1-2H3,(H,22,25). The molecule has 0 bridgehead atoms. The molecule has 0 unspecified atom stereocenters. The van der Waals surface area contributed by atoms with Crippen molar-refractivity contribution in [2.75, 3.05) is 5.32 Å². The number of hydrogen-bond donors (Lipinski definition) is 2. The molecule has 6 nitrogen and oxygen atoms in total. The van der Waals surface area contributed by atoms with Gasteiger partial charge in [0, 0.05) is 30.6 Å². The molecule has 1 saturated carbocycles. The van der Waals surface area contributed by atoms with Gasteiger partial charge in [-0.1, -0.05) is 11.8 Å². The molecule has 4 rings (SSSR count). The second-order valence-corrected chi connectivity index (χ2v) is 9.29. The van der Waals surface area contributed by atoms with Crippen molar-refractivity contribution in [1.82, 2.24) is 10.5 Å². The molecule has 2 aliphatic rings. The zero-order chi connectivity index (χ0) is 19.7. The van der Waals surface area contributed by atoms with Crippen molar-refractivity contribution in [3.8, 4) is 0 Å². The summed E-state index contributed by atoms with van der Waals surface area (Å²) >= 11 is 3.17. The molecule has 0 radical (unpaired) electrons. The zero-order valence-corrected chi connectivity index (χ0v) is 17.3. The van der Waals surface area contributed by atoms with Gasteiger partial charge in [0.2, 0.25) is 5.91 Å². The summed E-state index contributed by atoms with van der Waals surface area (Å²) in [6.45, 7) is 3.95. The molecule has 1 aromatic heterocycles. The maximum absolute atomic E-state index is 12.5. The Kier molecular flexibility index (Phi) is 5.41. The maximum Gasteiger partial charge on any atom is 0.227 e. The fraction of sp³-hybridized carbons (Fsp3) is 0.350. The second-order valence-electron chi connectivity index (χ2n) is 7.00. The normalized spacial score (nSPS) is 17.9. The topological polar surface area (TPSA) is 80.3 Å². The predicted octanol–water partition coefficient (Wildman–Crippen LogP) is 4.76. The molecular weight excluding hydrogens is 394 g/mol. The summed E-state index contributed by atoms with van der Waals surface area (Å²) in [5, 5.41) is 3.00. The minimum atomic E-state index is -0.0782. The SMILES string of the molecule is CC1=CNOC(C)=C1Sc1nc2ccc(NC(=O)C3CCC(=O)CC3)cc2s1. The summed E-state index contributed by atoms with van der Waals surface area (Å²) in [5.74, 6) is 1.00. The first-order valence-corrected chi connectivity index (χ1v) is 10.8. The predicted molar refractivity (Wildman–Crippen MR) is 112 cm³/mol. The van der Waals surface area contributed by atoms with E-state index in [0.29, 0.717) is 25.7 Å². The van der Waals surface area contributed by atoms with Crippen molar-refractivity contribution >= 4 is 50.7 Å². The van der Waals surface area contributed by atoms with Gasteiger partial charge in [-0.15, -0.1) is 11.3 Å². The number of thioether (sulfide) groups is 1. The van der Waals surface area contributed by atoms with Gasteiger partial charge in [-0.25, -0.2) is 10.5 Å². The van der Waals surface area contributed by atoms with E-state index in [4.69, 9.17) is 4.84 Å². The minimum Gasteiger partial charge on any atom is -0.386 e. The van der Waals surface area contributed by atoms with Crippen molar-refractivity contribution in [2.24, 2.45) is 5.92 Å². The number of allylic oxidation sites excluding steroid dienone is 2. The lowest BCUT2D eigenvalue weighted by atomic mass is 9.88. The number of benzene rings is 1. The third-order valence-corrected chi connectivity index (χ3v) is 7.30. The van der Waals surface area contributed by atoms with Gasteiger partial charge in [0.1, 0.15) is 11.5 Å². The summed E-state index contributed by atoms with van der Waals surface area (Å²) in [6, 6.07) is 5.77. The Morgan fingerprint density at radius 1 is 1.32 bits per heavy atom. The van der Waals surface area contributed by atoms with E-state index in [9.17, 15) is 9.59 Å². The summed E-state index contributed by atoms with van der Waals surface area (Å²) in [5.41, 5.74) is 5.55. The Labute approximate surface area is 171 Å². The maximum atomic E-state index is 12.5. The van der Waals surface area contributed by atoms with Crippen molar-refractivity contribution in [3.05, 3.63) is 40.6 Å². The van der Waals surface area contributed by atoms with Gasteiger partial charge in [0.05, 0.1) is 15.1 Å². The average molecular weight is 416 g/mol. The Bertz CT molecular complexity index is 999. The molecule has 1 aliphatic heterocycles. The summed E-state index contributed by atoms with van der Waals surface area (Å²) < 4.78 is 1.95.